The summed E-state index contributed by atoms with van der Waals surface area (Å²) < 4.78 is 27.9. The van der Waals surface area contributed by atoms with Gasteiger partial charge in [-0.25, -0.2) is 18.5 Å². The molecule has 11 heteroatoms. The van der Waals surface area contributed by atoms with Crippen LogP contribution >= 0.6 is 0 Å². The largest absolute Gasteiger partial charge is 0.318 e. The molecule has 0 aliphatic carbocycles. The number of anilines is 2. The van der Waals surface area contributed by atoms with Gasteiger partial charge in [0.15, 0.2) is 0 Å². The topological polar surface area (TPSA) is 141 Å². The van der Waals surface area contributed by atoms with E-state index in [1.165, 1.54) is 42.5 Å². The van der Waals surface area contributed by atoms with Crippen LogP contribution in [0.15, 0.2) is 83.8 Å². The lowest BCUT2D eigenvalue weighted by molar-refractivity contribution is -0.729. The molecule has 4 aromatic carbocycles. The van der Waals surface area contributed by atoms with Crippen LogP contribution < -0.4 is 9.62 Å². The number of aldehydes is 1. The fraction of sp³-hybridized carbons (Fsp3) is 0. The Labute approximate surface area is 204 Å². The van der Waals surface area contributed by atoms with Gasteiger partial charge in [0.2, 0.25) is 0 Å². The highest BCUT2D eigenvalue weighted by molar-refractivity contribution is 7.92. The third-order valence-electron chi connectivity index (χ3n) is 5.71. The number of amides is 2. The Balaban J connectivity index is 1.57. The van der Waals surface area contributed by atoms with Crippen LogP contribution in [-0.4, -0.2) is 36.6 Å². The molecular formula is C25H16N3O7S+. The van der Waals surface area contributed by atoms with Crippen LogP contribution in [0.3, 0.4) is 0 Å². The van der Waals surface area contributed by atoms with Crippen LogP contribution in [0, 0.1) is 4.91 Å². The number of nitrogens with zero attached hydrogens (tertiary/aromatic N) is 2. The molecule has 2 amide bonds. The molecule has 1 aliphatic rings. The molecule has 10 nitrogen and oxygen atoms in total. The number of sulfonamides is 1. The van der Waals surface area contributed by atoms with E-state index in [0.717, 1.165) is 11.0 Å². The van der Waals surface area contributed by atoms with Crippen LogP contribution in [0.4, 0.5) is 17.1 Å². The van der Waals surface area contributed by atoms with Crippen LogP contribution in [-0.2, 0) is 10.0 Å². The number of nitrogens with one attached hydrogen (secondary N) is 1. The molecule has 36 heavy (non-hydrogen) atoms. The van der Waals surface area contributed by atoms with Gasteiger partial charge in [0.25, 0.3) is 26.8 Å². The summed E-state index contributed by atoms with van der Waals surface area (Å²) in [5.74, 6) is -1.51. The lowest BCUT2D eigenvalue weighted by Gasteiger charge is -2.27. The fourth-order valence-corrected chi connectivity index (χ4v) is 5.16. The Morgan fingerprint density at radius 3 is 2.11 bits per heavy atom. The van der Waals surface area contributed by atoms with E-state index in [4.69, 9.17) is 0 Å². The molecule has 0 saturated carbocycles. The minimum atomic E-state index is -3.94. The molecule has 4 aromatic rings. The van der Waals surface area contributed by atoms with Gasteiger partial charge in [-0.3, -0.25) is 19.1 Å². The summed E-state index contributed by atoms with van der Waals surface area (Å²) in [7, 11) is -3.94. The number of carbonyl (C=O) groups is 3. The summed E-state index contributed by atoms with van der Waals surface area (Å²) in [5.41, 5.74) is 0.327. The van der Waals surface area contributed by atoms with Crippen molar-refractivity contribution in [3.05, 3.63) is 100 Å². The van der Waals surface area contributed by atoms with Crippen molar-refractivity contribution in [2.45, 2.75) is 4.90 Å². The second kappa shape index (κ2) is 8.40. The third kappa shape index (κ3) is 3.77. The van der Waals surface area contributed by atoms with Crippen molar-refractivity contribution in [3.8, 4) is 0 Å². The zero-order valence-corrected chi connectivity index (χ0v) is 19.1. The molecule has 0 atom stereocenters. The van der Waals surface area contributed by atoms with E-state index in [9.17, 15) is 32.9 Å². The summed E-state index contributed by atoms with van der Waals surface area (Å²) in [6, 6.07) is 18.5. The first-order valence-corrected chi connectivity index (χ1v) is 12.0. The molecule has 5 rings (SSSR count). The van der Waals surface area contributed by atoms with Crippen molar-refractivity contribution in [2.75, 3.05) is 9.62 Å². The van der Waals surface area contributed by atoms with E-state index >= 15 is 0 Å². The normalized spacial score (nSPS) is 13.1. The maximum atomic E-state index is 13.4. The minimum absolute atomic E-state index is 0.0353. The van der Waals surface area contributed by atoms with Gasteiger partial charge < -0.3 is 0 Å². The predicted octanol–water partition coefficient (Wildman–Crippen LogP) is 4.05. The van der Waals surface area contributed by atoms with Gasteiger partial charge in [0, 0.05) is 34.3 Å². The second-order valence-electron chi connectivity index (χ2n) is 7.96. The standard InChI is InChI=1S/C25H16N3O7S/c29-14-15-10-16-12-19(28(32)33)13-22-23(16)21(11-15)24(30)27(25(22)31)18-6-8-20(9-7-18)36(34,35)26-17-4-2-1-3-5-17/h1-14,26H,(H,32,33)/q+1. The molecule has 0 unspecified atom stereocenters. The minimum Gasteiger partial charge on any atom is -0.298 e. The highest BCUT2D eigenvalue weighted by atomic mass is 32.2. The lowest BCUT2D eigenvalue weighted by Crippen LogP contribution is -2.40. The highest BCUT2D eigenvalue weighted by Gasteiger charge is 2.36. The number of imide groups is 1. The Morgan fingerprint density at radius 1 is 0.861 bits per heavy atom. The van der Waals surface area contributed by atoms with Gasteiger partial charge in [-0.1, -0.05) is 18.2 Å². The number of rotatable bonds is 6. The van der Waals surface area contributed by atoms with Crippen molar-refractivity contribution in [1.29, 1.82) is 0 Å². The van der Waals surface area contributed by atoms with Crippen LogP contribution in [0.25, 0.3) is 10.8 Å². The van der Waals surface area contributed by atoms with Gasteiger partial charge in [-0.15, -0.1) is 0 Å². The summed E-state index contributed by atoms with van der Waals surface area (Å²) in [6.07, 6.45) is 0.517. The molecule has 0 aromatic heterocycles. The van der Waals surface area contributed by atoms with Crippen molar-refractivity contribution in [3.63, 3.8) is 0 Å². The Kier molecular flexibility index (Phi) is 5.33. The van der Waals surface area contributed by atoms with Gasteiger partial charge in [0.1, 0.15) is 6.29 Å². The first-order chi connectivity index (χ1) is 17.2. The average molecular weight is 502 g/mol. The van der Waals surface area contributed by atoms with E-state index in [1.54, 1.807) is 30.3 Å². The summed E-state index contributed by atoms with van der Waals surface area (Å²) in [5, 5.41) is 9.90. The average Bonchev–Trinajstić information content (AvgIpc) is 2.87. The maximum Gasteiger partial charge on any atom is 0.318 e. The molecule has 178 valence electrons. The molecule has 1 heterocycles. The highest BCUT2D eigenvalue weighted by Crippen LogP contribution is 2.36. The van der Waals surface area contributed by atoms with Crippen molar-refractivity contribution in [1.82, 2.24) is 0 Å². The molecule has 0 spiro atoms. The number of hydrogen-bond acceptors (Lipinski definition) is 6. The first kappa shape index (κ1) is 22.9. The van der Waals surface area contributed by atoms with Crippen LogP contribution in [0.2, 0.25) is 0 Å². The van der Waals surface area contributed by atoms with E-state index in [1.807, 2.05) is 0 Å². The smallest absolute Gasteiger partial charge is 0.298 e. The lowest BCUT2D eigenvalue weighted by atomic mass is 9.91. The van der Waals surface area contributed by atoms with Crippen LogP contribution in [0.5, 0.6) is 0 Å². The monoisotopic (exact) mass is 502 g/mol. The fourth-order valence-electron chi connectivity index (χ4n) is 4.10. The first-order valence-electron chi connectivity index (χ1n) is 10.5. The van der Waals surface area contributed by atoms with E-state index in [2.05, 4.69) is 4.72 Å². The number of para-hydroxylation sites is 1. The zero-order chi connectivity index (χ0) is 25.6. The molecule has 0 radical (unpaired) electrons. The molecule has 1 aliphatic heterocycles. The number of hydrogen-bond donors (Lipinski definition) is 2. The Morgan fingerprint density at radius 2 is 1.50 bits per heavy atom. The quantitative estimate of drug-likeness (QED) is 0.230. The van der Waals surface area contributed by atoms with Crippen molar-refractivity contribution < 1.29 is 32.9 Å². The maximum absolute atomic E-state index is 13.4. The van der Waals surface area contributed by atoms with Crippen molar-refractivity contribution >= 4 is 56.0 Å². The molecule has 2 N–H and O–H groups in total. The van der Waals surface area contributed by atoms with E-state index < -0.39 is 26.8 Å². The zero-order valence-electron chi connectivity index (χ0n) is 18.3. The summed E-state index contributed by atoms with van der Waals surface area (Å²) in [6.45, 7) is 0. The van der Waals surface area contributed by atoms with Gasteiger partial charge >= 0.3 is 5.69 Å². The predicted molar refractivity (Wildman–Crippen MR) is 129 cm³/mol. The van der Waals surface area contributed by atoms with Crippen LogP contribution in [0.1, 0.15) is 31.1 Å². The SMILES string of the molecule is O=Cc1cc2c3c(cc([N+](=O)O)cc3c1)C(=O)N(c1ccc(S(=O)(=O)Nc3ccccc3)cc1)C2=O. The number of carbonyl (C=O) groups excluding carboxylic acids is 3. The van der Waals surface area contributed by atoms with E-state index in [-0.39, 0.29) is 43.7 Å². The summed E-state index contributed by atoms with van der Waals surface area (Å²) in [4.78, 5) is 50.0. The Bertz CT molecular complexity index is 1700. The molecule has 0 bridgehead atoms. The summed E-state index contributed by atoms with van der Waals surface area (Å²) >= 11 is 0. The van der Waals surface area contributed by atoms with Crippen molar-refractivity contribution in [2.24, 2.45) is 0 Å². The van der Waals surface area contributed by atoms with Gasteiger partial charge in [0.05, 0.1) is 21.1 Å². The third-order valence-corrected chi connectivity index (χ3v) is 7.11. The Hall–Kier alpha value is -4.90. The van der Waals surface area contributed by atoms with Gasteiger partial charge in [-0.2, -0.15) is 0 Å². The molecule has 0 saturated heterocycles. The second-order valence-corrected chi connectivity index (χ2v) is 9.64. The van der Waals surface area contributed by atoms with E-state index in [0.29, 0.717) is 12.0 Å². The molecule has 0 fully saturated rings. The van der Waals surface area contributed by atoms with Gasteiger partial charge in [-0.05, 0) is 53.9 Å². The number of benzene rings is 4. The molecular weight excluding hydrogens is 486 g/mol.